The van der Waals surface area contributed by atoms with E-state index in [0.29, 0.717) is 11.8 Å². The monoisotopic (exact) mass is 517 g/mol. The Balaban J connectivity index is 1.36. The van der Waals surface area contributed by atoms with E-state index in [2.05, 4.69) is 43.8 Å². The largest absolute Gasteiger partial charge is 0.455 e. The van der Waals surface area contributed by atoms with E-state index < -0.39 is 0 Å². The summed E-state index contributed by atoms with van der Waals surface area (Å²) in [6.45, 7) is -0.211. The van der Waals surface area contributed by atoms with Crippen molar-refractivity contribution in [3.05, 3.63) is 27.8 Å². The summed E-state index contributed by atoms with van der Waals surface area (Å²) in [6.07, 6.45) is 6.29. The van der Waals surface area contributed by atoms with Gasteiger partial charge in [0.25, 0.3) is 5.91 Å². The predicted molar refractivity (Wildman–Crippen MR) is 108 cm³/mol. The lowest BCUT2D eigenvalue weighted by Crippen LogP contribution is -2.56. The number of carbonyl (C=O) groups is 2. The first kappa shape index (κ1) is 17.8. The number of alkyl halides is 1. The molecule has 0 radical (unpaired) electrons. The molecule has 4 aliphatic rings. The molecule has 4 saturated carbocycles. The minimum Gasteiger partial charge on any atom is -0.455 e. The van der Waals surface area contributed by atoms with E-state index in [-0.39, 0.29) is 28.2 Å². The van der Waals surface area contributed by atoms with Crippen LogP contribution in [0.5, 0.6) is 0 Å². The average Bonchev–Trinajstić information content (AvgIpc) is 2.52. The fraction of sp³-hybridized carbons (Fsp3) is 0.579. The first-order chi connectivity index (χ1) is 11.9. The van der Waals surface area contributed by atoms with Crippen LogP contribution in [0.25, 0.3) is 0 Å². The number of halogens is 2. The number of anilines is 1. The van der Waals surface area contributed by atoms with Gasteiger partial charge < -0.3 is 10.1 Å². The number of hydrogen-bond donors (Lipinski definition) is 1. The van der Waals surface area contributed by atoms with Gasteiger partial charge in [0.15, 0.2) is 6.61 Å². The molecular formula is C19H21BrINO3. The van der Waals surface area contributed by atoms with E-state index in [9.17, 15) is 9.59 Å². The third kappa shape index (κ3) is 3.61. The number of carbonyl (C=O) groups excluding carboxylic acids is 2. The van der Waals surface area contributed by atoms with Gasteiger partial charge in [0, 0.05) is 13.6 Å². The summed E-state index contributed by atoms with van der Waals surface area (Å²) >= 11 is 6.12. The van der Waals surface area contributed by atoms with Crippen LogP contribution < -0.4 is 5.32 Å². The standard InChI is InChI=1S/C19H21BrINO3/c20-19-8-12-5-13(9-19)7-18(6-12,11-19)17(24)25-10-16(23)22-15-3-1-14(21)2-4-15/h1-4,12-13H,5-11H2,(H,22,23)/t12-,13-,18?,19?/m0/s1. The molecule has 25 heavy (non-hydrogen) atoms. The molecule has 6 heteroatoms. The Morgan fingerprint density at radius 2 is 1.80 bits per heavy atom. The summed E-state index contributed by atoms with van der Waals surface area (Å²) in [5.74, 6) is 0.776. The fourth-order valence-corrected chi connectivity index (χ4v) is 7.22. The van der Waals surface area contributed by atoms with Crippen molar-refractivity contribution >= 4 is 56.1 Å². The highest BCUT2D eigenvalue weighted by atomic mass is 127. The van der Waals surface area contributed by atoms with Crippen LogP contribution in [0.15, 0.2) is 24.3 Å². The molecule has 4 bridgehead atoms. The summed E-state index contributed by atoms with van der Waals surface area (Å²) in [5, 5.41) is 2.78. The molecule has 4 fully saturated rings. The molecule has 1 N–H and O–H groups in total. The van der Waals surface area contributed by atoms with Crippen LogP contribution in [0.4, 0.5) is 5.69 Å². The zero-order valence-electron chi connectivity index (χ0n) is 13.9. The topological polar surface area (TPSA) is 55.4 Å². The number of hydrogen-bond acceptors (Lipinski definition) is 3. The molecule has 134 valence electrons. The lowest BCUT2D eigenvalue weighted by molar-refractivity contribution is -0.170. The van der Waals surface area contributed by atoms with Gasteiger partial charge in [0.1, 0.15) is 0 Å². The molecule has 4 aliphatic carbocycles. The second kappa shape index (κ2) is 6.51. The van der Waals surface area contributed by atoms with Gasteiger partial charge in [0.05, 0.1) is 5.41 Å². The van der Waals surface area contributed by atoms with Crippen LogP contribution >= 0.6 is 38.5 Å². The Morgan fingerprint density at radius 1 is 1.16 bits per heavy atom. The predicted octanol–water partition coefficient (Wildman–Crippen LogP) is 4.51. The van der Waals surface area contributed by atoms with Crippen LogP contribution in [0, 0.1) is 20.8 Å². The minimum atomic E-state index is -0.378. The summed E-state index contributed by atoms with van der Waals surface area (Å²) in [4.78, 5) is 24.9. The molecule has 5 rings (SSSR count). The van der Waals surface area contributed by atoms with Crippen LogP contribution in [-0.2, 0) is 14.3 Å². The second-order valence-electron chi connectivity index (χ2n) is 8.02. The van der Waals surface area contributed by atoms with Gasteiger partial charge in [-0.3, -0.25) is 9.59 Å². The maximum atomic E-state index is 12.8. The van der Waals surface area contributed by atoms with Gasteiger partial charge in [-0.05, 0) is 97.2 Å². The normalized spacial score (nSPS) is 35.4. The Labute approximate surface area is 169 Å². The highest BCUT2D eigenvalue weighted by Crippen LogP contribution is 2.64. The Kier molecular flexibility index (Phi) is 4.63. The molecule has 2 atom stereocenters. The maximum absolute atomic E-state index is 12.8. The van der Waals surface area contributed by atoms with E-state index >= 15 is 0 Å². The number of nitrogens with one attached hydrogen (secondary N) is 1. The van der Waals surface area contributed by atoms with Crippen molar-refractivity contribution in [1.29, 1.82) is 0 Å². The summed E-state index contributed by atoms with van der Waals surface area (Å²) in [7, 11) is 0. The zero-order chi connectivity index (χ0) is 17.7. The number of ether oxygens (including phenoxy) is 1. The second-order valence-corrected chi connectivity index (χ2v) is 11.0. The van der Waals surface area contributed by atoms with Crippen LogP contribution in [0.2, 0.25) is 0 Å². The molecule has 0 saturated heterocycles. The molecule has 0 heterocycles. The van der Waals surface area contributed by atoms with Gasteiger partial charge in [-0.1, -0.05) is 15.9 Å². The lowest BCUT2D eigenvalue weighted by atomic mass is 9.49. The molecule has 0 aliphatic heterocycles. The fourth-order valence-electron chi connectivity index (χ4n) is 5.40. The molecule has 1 aromatic rings. The minimum absolute atomic E-state index is 0.111. The molecule has 1 amide bonds. The molecule has 0 spiro atoms. The van der Waals surface area contributed by atoms with E-state index in [1.807, 2.05) is 24.3 Å². The lowest BCUT2D eigenvalue weighted by Gasteiger charge is -2.58. The third-order valence-corrected chi connectivity index (χ3v) is 7.53. The number of benzene rings is 1. The van der Waals surface area contributed by atoms with Gasteiger partial charge >= 0.3 is 5.97 Å². The smallest absolute Gasteiger partial charge is 0.312 e. The molecule has 0 aromatic heterocycles. The van der Waals surface area contributed by atoms with Crippen molar-refractivity contribution in [3.63, 3.8) is 0 Å². The van der Waals surface area contributed by atoms with Crippen molar-refractivity contribution in [2.24, 2.45) is 17.3 Å². The highest BCUT2D eigenvalue weighted by molar-refractivity contribution is 14.1. The average molecular weight is 518 g/mol. The number of esters is 1. The first-order valence-electron chi connectivity index (χ1n) is 8.77. The van der Waals surface area contributed by atoms with Crippen molar-refractivity contribution in [1.82, 2.24) is 0 Å². The van der Waals surface area contributed by atoms with E-state index in [0.717, 1.165) is 28.5 Å². The Morgan fingerprint density at radius 3 is 2.40 bits per heavy atom. The van der Waals surface area contributed by atoms with Crippen LogP contribution in [0.1, 0.15) is 38.5 Å². The summed E-state index contributed by atoms with van der Waals surface area (Å²) in [5.41, 5.74) is 0.340. The summed E-state index contributed by atoms with van der Waals surface area (Å²) < 4.78 is 6.67. The van der Waals surface area contributed by atoms with Gasteiger partial charge in [-0.25, -0.2) is 0 Å². The van der Waals surface area contributed by atoms with Crippen molar-refractivity contribution in [2.75, 3.05) is 11.9 Å². The van der Waals surface area contributed by atoms with E-state index in [1.165, 1.54) is 19.3 Å². The third-order valence-electron chi connectivity index (χ3n) is 5.89. The quantitative estimate of drug-likeness (QED) is 0.363. The Bertz CT molecular complexity index is 691. The zero-order valence-corrected chi connectivity index (χ0v) is 17.6. The SMILES string of the molecule is O=C(COC(=O)C12C[C@@H]3C[C@H](CC(Br)(C3)C1)C2)Nc1ccc(I)cc1. The van der Waals surface area contributed by atoms with Crippen LogP contribution in [0.3, 0.4) is 0 Å². The molecule has 0 unspecified atom stereocenters. The van der Waals surface area contributed by atoms with Gasteiger partial charge in [-0.2, -0.15) is 0 Å². The maximum Gasteiger partial charge on any atom is 0.312 e. The highest BCUT2D eigenvalue weighted by Gasteiger charge is 2.60. The van der Waals surface area contributed by atoms with Gasteiger partial charge in [0.2, 0.25) is 0 Å². The number of rotatable bonds is 4. The molecular weight excluding hydrogens is 497 g/mol. The van der Waals surface area contributed by atoms with Crippen molar-refractivity contribution in [2.45, 2.75) is 42.8 Å². The first-order valence-corrected chi connectivity index (χ1v) is 10.6. The number of amides is 1. The van der Waals surface area contributed by atoms with Crippen molar-refractivity contribution < 1.29 is 14.3 Å². The summed E-state index contributed by atoms with van der Waals surface area (Å²) in [6, 6.07) is 7.53. The van der Waals surface area contributed by atoms with E-state index in [4.69, 9.17) is 4.74 Å². The molecule has 1 aromatic carbocycles. The van der Waals surface area contributed by atoms with Crippen molar-refractivity contribution in [3.8, 4) is 0 Å². The van der Waals surface area contributed by atoms with Gasteiger partial charge in [-0.15, -0.1) is 0 Å². The Hall–Kier alpha value is -0.630. The van der Waals surface area contributed by atoms with E-state index in [1.54, 1.807) is 0 Å². The molecule has 4 nitrogen and oxygen atoms in total. The van der Waals surface area contributed by atoms with Crippen LogP contribution in [-0.4, -0.2) is 22.8 Å².